The van der Waals surface area contributed by atoms with E-state index in [1.807, 2.05) is 36.4 Å². The number of benzene rings is 3. The third-order valence-electron chi connectivity index (χ3n) is 4.59. The van der Waals surface area contributed by atoms with E-state index >= 15 is 0 Å². The van der Waals surface area contributed by atoms with Crippen LogP contribution >= 0.6 is 34.5 Å². The fourth-order valence-corrected chi connectivity index (χ4v) is 4.13. The SMILES string of the molecule is O=C(/C=C/c1ccc(Cl)c(Cl)c1)NCc1cccc(-c2nc(-c3ccccc3)cs2)c1. The minimum Gasteiger partial charge on any atom is -0.348 e. The summed E-state index contributed by atoms with van der Waals surface area (Å²) in [6.07, 6.45) is 3.19. The molecular weight excluding hydrogens is 447 g/mol. The Morgan fingerprint density at radius 1 is 0.935 bits per heavy atom. The topological polar surface area (TPSA) is 42.0 Å². The molecule has 0 atom stereocenters. The van der Waals surface area contributed by atoms with Crippen LogP contribution in [-0.4, -0.2) is 10.9 Å². The Hall–Kier alpha value is -2.92. The van der Waals surface area contributed by atoms with E-state index in [-0.39, 0.29) is 5.91 Å². The molecule has 1 aromatic heterocycles. The van der Waals surface area contributed by atoms with Crippen LogP contribution in [0.4, 0.5) is 0 Å². The highest BCUT2D eigenvalue weighted by Gasteiger charge is 2.07. The number of hydrogen-bond acceptors (Lipinski definition) is 3. The summed E-state index contributed by atoms with van der Waals surface area (Å²) < 4.78 is 0. The molecule has 0 fully saturated rings. The Balaban J connectivity index is 1.40. The number of nitrogens with zero attached hydrogens (tertiary/aromatic N) is 1. The minimum absolute atomic E-state index is 0.183. The molecule has 0 bridgehead atoms. The van der Waals surface area contributed by atoms with Crippen molar-refractivity contribution in [2.75, 3.05) is 0 Å². The average molecular weight is 465 g/mol. The second kappa shape index (κ2) is 9.92. The van der Waals surface area contributed by atoms with E-state index in [0.717, 1.165) is 33.0 Å². The Morgan fingerprint density at radius 2 is 1.74 bits per heavy atom. The first-order valence-electron chi connectivity index (χ1n) is 9.60. The molecule has 0 radical (unpaired) electrons. The number of halogens is 2. The molecule has 0 unspecified atom stereocenters. The summed E-state index contributed by atoms with van der Waals surface area (Å²) in [5, 5.41) is 6.86. The van der Waals surface area contributed by atoms with Crippen molar-refractivity contribution < 1.29 is 4.79 Å². The highest BCUT2D eigenvalue weighted by atomic mass is 35.5. The molecule has 1 amide bonds. The molecule has 31 heavy (non-hydrogen) atoms. The van der Waals surface area contributed by atoms with Gasteiger partial charge in [0.1, 0.15) is 5.01 Å². The fourth-order valence-electron chi connectivity index (χ4n) is 3.00. The average Bonchev–Trinajstić information content (AvgIpc) is 3.30. The third kappa shape index (κ3) is 5.61. The molecular formula is C25H18Cl2N2OS. The van der Waals surface area contributed by atoms with Gasteiger partial charge in [-0.25, -0.2) is 4.98 Å². The lowest BCUT2D eigenvalue weighted by atomic mass is 10.1. The Kier molecular flexibility index (Phi) is 6.82. The molecule has 4 rings (SSSR count). The van der Waals surface area contributed by atoms with E-state index in [4.69, 9.17) is 28.2 Å². The maximum atomic E-state index is 12.2. The molecule has 6 heteroatoms. The third-order valence-corrected chi connectivity index (χ3v) is 6.22. The molecule has 4 aromatic rings. The van der Waals surface area contributed by atoms with E-state index < -0.39 is 0 Å². The quantitative estimate of drug-likeness (QED) is 0.308. The van der Waals surface area contributed by atoms with Crippen LogP contribution in [0.3, 0.4) is 0 Å². The van der Waals surface area contributed by atoms with Gasteiger partial charge in [-0.2, -0.15) is 0 Å². The highest BCUT2D eigenvalue weighted by molar-refractivity contribution is 7.13. The monoisotopic (exact) mass is 464 g/mol. The van der Waals surface area contributed by atoms with Crippen LogP contribution in [0.1, 0.15) is 11.1 Å². The van der Waals surface area contributed by atoms with Gasteiger partial charge in [-0.05, 0) is 35.4 Å². The molecule has 1 heterocycles. The predicted molar refractivity (Wildman–Crippen MR) is 130 cm³/mol. The molecule has 0 saturated carbocycles. The van der Waals surface area contributed by atoms with Crippen LogP contribution in [-0.2, 0) is 11.3 Å². The lowest BCUT2D eigenvalue weighted by Crippen LogP contribution is -2.20. The van der Waals surface area contributed by atoms with Crippen molar-refractivity contribution in [3.63, 3.8) is 0 Å². The van der Waals surface area contributed by atoms with E-state index in [1.54, 1.807) is 35.6 Å². The summed E-state index contributed by atoms with van der Waals surface area (Å²) in [6.45, 7) is 0.426. The fraction of sp³-hybridized carbons (Fsp3) is 0.0400. The van der Waals surface area contributed by atoms with Gasteiger partial charge in [0.25, 0.3) is 0 Å². The van der Waals surface area contributed by atoms with Gasteiger partial charge < -0.3 is 5.32 Å². The zero-order valence-corrected chi connectivity index (χ0v) is 18.7. The summed E-state index contributed by atoms with van der Waals surface area (Å²) in [7, 11) is 0. The van der Waals surface area contributed by atoms with Crippen LogP contribution in [0.5, 0.6) is 0 Å². The van der Waals surface area contributed by atoms with Crippen LogP contribution in [0.2, 0.25) is 10.0 Å². The van der Waals surface area contributed by atoms with Crippen molar-refractivity contribution in [3.05, 3.63) is 105 Å². The van der Waals surface area contributed by atoms with Crippen molar-refractivity contribution in [2.45, 2.75) is 6.54 Å². The molecule has 154 valence electrons. The van der Waals surface area contributed by atoms with Gasteiger partial charge in [0.05, 0.1) is 15.7 Å². The van der Waals surface area contributed by atoms with Crippen LogP contribution < -0.4 is 5.32 Å². The van der Waals surface area contributed by atoms with Crippen LogP contribution in [0.25, 0.3) is 27.9 Å². The first-order valence-corrected chi connectivity index (χ1v) is 11.2. The van der Waals surface area contributed by atoms with Gasteiger partial charge >= 0.3 is 0 Å². The van der Waals surface area contributed by atoms with Crippen LogP contribution in [0.15, 0.2) is 84.3 Å². The van der Waals surface area contributed by atoms with Gasteiger partial charge in [-0.15, -0.1) is 11.3 Å². The summed E-state index contributed by atoms with van der Waals surface area (Å²) in [5.41, 5.74) is 4.91. The zero-order chi connectivity index (χ0) is 21.6. The standard InChI is InChI=1S/C25H18Cl2N2OS/c26-21-11-9-17(14-22(21)27)10-12-24(30)28-15-18-5-4-8-20(13-18)25-29-23(16-31-25)19-6-2-1-3-7-19/h1-14,16H,15H2,(H,28,30)/b12-10+. The second-order valence-electron chi connectivity index (χ2n) is 6.83. The van der Waals surface area contributed by atoms with Crippen molar-refractivity contribution in [1.29, 1.82) is 0 Å². The van der Waals surface area contributed by atoms with Crippen molar-refractivity contribution >= 4 is 46.5 Å². The maximum Gasteiger partial charge on any atom is 0.244 e. The zero-order valence-electron chi connectivity index (χ0n) is 16.4. The Morgan fingerprint density at radius 3 is 2.55 bits per heavy atom. The van der Waals surface area contributed by atoms with E-state index in [1.165, 1.54) is 6.08 Å². The van der Waals surface area contributed by atoms with Gasteiger partial charge in [0.15, 0.2) is 0 Å². The normalized spacial score (nSPS) is 11.0. The molecule has 0 aliphatic rings. The number of nitrogens with one attached hydrogen (secondary N) is 1. The number of amides is 1. The van der Waals surface area contributed by atoms with E-state index in [2.05, 4.69) is 28.9 Å². The summed E-state index contributed by atoms with van der Waals surface area (Å²) in [6, 6.07) is 23.4. The van der Waals surface area contributed by atoms with E-state index in [9.17, 15) is 4.79 Å². The molecule has 0 aliphatic heterocycles. The first kappa shape index (κ1) is 21.3. The molecule has 1 N–H and O–H groups in total. The number of carbonyl (C=O) groups is 1. The lowest BCUT2D eigenvalue weighted by molar-refractivity contribution is -0.116. The number of hydrogen-bond donors (Lipinski definition) is 1. The lowest BCUT2D eigenvalue weighted by Gasteiger charge is -2.05. The Bertz CT molecular complexity index is 1240. The largest absolute Gasteiger partial charge is 0.348 e. The molecule has 0 spiro atoms. The maximum absolute atomic E-state index is 12.2. The number of carbonyl (C=O) groups excluding carboxylic acids is 1. The number of aromatic nitrogens is 1. The summed E-state index contributed by atoms with van der Waals surface area (Å²) in [4.78, 5) is 17.0. The molecule has 0 saturated heterocycles. The van der Waals surface area contributed by atoms with Crippen molar-refractivity contribution in [2.24, 2.45) is 0 Å². The van der Waals surface area contributed by atoms with Gasteiger partial charge in [0.2, 0.25) is 5.91 Å². The van der Waals surface area contributed by atoms with Crippen LogP contribution in [0, 0.1) is 0 Å². The smallest absolute Gasteiger partial charge is 0.244 e. The number of rotatable bonds is 6. The summed E-state index contributed by atoms with van der Waals surface area (Å²) in [5.74, 6) is -0.183. The predicted octanol–water partition coefficient (Wildman–Crippen LogP) is 7.11. The molecule has 0 aliphatic carbocycles. The number of thiazole rings is 1. The van der Waals surface area contributed by atoms with Gasteiger partial charge in [0, 0.05) is 29.1 Å². The first-order chi connectivity index (χ1) is 15.1. The summed E-state index contributed by atoms with van der Waals surface area (Å²) >= 11 is 13.5. The van der Waals surface area contributed by atoms with E-state index in [0.29, 0.717) is 16.6 Å². The minimum atomic E-state index is -0.183. The van der Waals surface area contributed by atoms with Gasteiger partial charge in [-0.3, -0.25) is 4.79 Å². The van der Waals surface area contributed by atoms with Crippen molar-refractivity contribution in [3.8, 4) is 21.8 Å². The highest BCUT2D eigenvalue weighted by Crippen LogP contribution is 2.29. The second-order valence-corrected chi connectivity index (χ2v) is 8.50. The van der Waals surface area contributed by atoms with Gasteiger partial charge in [-0.1, -0.05) is 77.8 Å². The molecule has 3 nitrogen and oxygen atoms in total. The van der Waals surface area contributed by atoms with Crippen molar-refractivity contribution in [1.82, 2.24) is 10.3 Å². The molecule has 3 aromatic carbocycles. The Labute approximate surface area is 195 Å².